The summed E-state index contributed by atoms with van der Waals surface area (Å²) < 4.78 is 5.11. The zero-order valence-corrected chi connectivity index (χ0v) is 22.4. The van der Waals surface area contributed by atoms with Crippen molar-refractivity contribution in [1.29, 1.82) is 0 Å². The minimum absolute atomic E-state index is 0.105. The molecular weight excluding hydrogens is 492 g/mol. The molecule has 1 fully saturated rings. The number of methoxy groups -OCH3 is 1. The molecule has 1 atom stereocenters. The number of hydrogen-bond acceptors (Lipinski definition) is 8. The van der Waals surface area contributed by atoms with Crippen LogP contribution in [-0.2, 0) is 20.9 Å². The van der Waals surface area contributed by atoms with Crippen molar-refractivity contribution in [3.63, 3.8) is 0 Å². The maximum Gasteiger partial charge on any atom is 0.338 e. The predicted molar refractivity (Wildman–Crippen MR) is 144 cm³/mol. The third-order valence-electron chi connectivity index (χ3n) is 6.85. The molecule has 0 saturated carbocycles. The molecule has 3 aliphatic rings. The maximum absolute atomic E-state index is 13.3. The molecule has 1 aromatic heterocycles. The third-order valence-corrected chi connectivity index (χ3v) is 8.44. The summed E-state index contributed by atoms with van der Waals surface area (Å²) >= 11 is 3.09. The minimum Gasteiger partial charge on any atom is -0.466 e. The minimum atomic E-state index is -0.390. The van der Waals surface area contributed by atoms with Gasteiger partial charge in [0, 0.05) is 38.4 Å². The Morgan fingerprint density at radius 2 is 1.83 bits per heavy atom. The number of thiophene rings is 1. The van der Waals surface area contributed by atoms with Gasteiger partial charge in [-0.15, -0.1) is 0 Å². The number of allylic oxidation sites excluding steroid dienone is 1. The van der Waals surface area contributed by atoms with E-state index in [9.17, 15) is 9.59 Å². The fourth-order valence-corrected chi connectivity index (χ4v) is 6.50. The molecular formula is C27H30N4O3S2. The van der Waals surface area contributed by atoms with Gasteiger partial charge in [0.05, 0.1) is 30.8 Å². The lowest BCUT2D eigenvalue weighted by atomic mass is 9.96. The molecule has 3 aliphatic heterocycles. The number of ether oxygens (including phenoxy) is 1. The molecule has 2 aromatic rings. The number of aliphatic imine (C=N–C) groups is 1. The molecule has 0 bridgehead atoms. The summed E-state index contributed by atoms with van der Waals surface area (Å²) in [4.78, 5) is 37.2. The number of piperazine rings is 1. The second-order valence-electron chi connectivity index (χ2n) is 9.26. The molecule has 1 saturated heterocycles. The van der Waals surface area contributed by atoms with Crippen LogP contribution in [0.5, 0.6) is 0 Å². The number of amides is 1. The number of rotatable bonds is 6. The Balaban J connectivity index is 1.26. The van der Waals surface area contributed by atoms with Gasteiger partial charge in [0.1, 0.15) is 0 Å². The van der Waals surface area contributed by atoms with Crippen molar-refractivity contribution in [3.8, 4) is 0 Å². The normalized spacial score (nSPS) is 20.2. The molecule has 1 amide bonds. The third kappa shape index (κ3) is 5.00. The molecule has 0 N–H and O–H groups in total. The summed E-state index contributed by atoms with van der Waals surface area (Å²) in [6.07, 6.45) is 0.276. The average Bonchev–Trinajstić information content (AvgIpc) is 3.55. The van der Waals surface area contributed by atoms with Gasteiger partial charge < -0.3 is 14.5 Å². The van der Waals surface area contributed by atoms with Crippen LogP contribution in [0.3, 0.4) is 0 Å². The first kappa shape index (κ1) is 24.8. The molecule has 0 radical (unpaired) electrons. The van der Waals surface area contributed by atoms with E-state index in [1.54, 1.807) is 11.3 Å². The van der Waals surface area contributed by atoms with Crippen LogP contribution in [0.1, 0.15) is 36.1 Å². The summed E-state index contributed by atoms with van der Waals surface area (Å²) in [5, 5.41) is 6.83. The number of nitrogens with zero attached hydrogens (tertiary/aromatic N) is 4. The molecule has 9 heteroatoms. The van der Waals surface area contributed by atoms with Gasteiger partial charge in [-0.05, 0) is 47.2 Å². The molecule has 4 heterocycles. The number of fused-ring (bicyclic) bond motifs is 1. The van der Waals surface area contributed by atoms with Crippen molar-refractivity contribution in [3.05, 3.63) is 80.2 Å². The summed E-state index contributed by atoms with van der Waals surface area (Å²) in [6, 6.07) is 10.3. The zero-order valence-electron chi connectivity index (χ0n) is 20.8. The van der Waals surface area contributed by atoms with Crippen molar-refractivity contribution < 1.29 is 14.3 Å². The Kier molecular flexibility index (Phi) is 7.32. The molecule has 5 rings (SSSR count). The number of amidine groups is 1. The number of carbonyl (C=O) groups is 2. The lowest BCUT2D eigenvalue weighted by Crippen LogP contribution is -2.48. The number of carbonyl (C=O) groups excluding carboxylic acids is 2. The van der Waals surface area contributed by atoms with Gasteiger partial charge in [-0.1, -0.05) is 41.6 Å². The monoisotopic (exact) mass is 522 g/mol. The molecule has 0 spiro atoms. The number of benzene rings is 1. The van der Waals surface area contributed by atoms with Crippen LogP contribution >= 0.6 is 23.1 Å². The number of esters is 1. The van der Waals surface area contributed by atoms with E-state index in [0.29, 0.717) is 24.4 Å². The van der Waals surface area contributed by atoms with E-state index in [0.717, 1.165) is 36.1 Å². The van der Waals surface area contributed by atoms with Crippen LogP contribution in [-0.4, -0.2) is 65.0 Å². The van der Waals surface area contributed by atoms with Gasteiger partial charge in [-0.25, -0.2) is 9.79 Å². The van der Waals surface area contributed by atoms with E-state index < -0.39 is 5.97 Å². The van der Waals surface area contributed by atoms with Crippen LogP contribution in [0.2, 0.25) is 0 Å². The zero-order chi connectivity index (χ0) is 25.2. The van der Waals surface area contributed by atoms with E-state index in [2.05, 4.69) is 41.1 Å². The largest absolute Gasteiger partial charge is 0.466 e. The van der Waals surface area contributed by atoms with E-state index >= 15 is 0 Å². The Bertz CT molecular complexity index is 1230. The Morgan fingerprint density at radius 3 is 2.50 bits per heavy atom. The van der Waals surface area contributed by atoms with Crippen LogP contribution in [0, 0.1) is 6.92 Å². The lowest BCUT2D eigenvalue weighted by Gasteiger charge is -2.37. The van der Waals surface area contributed by atoms with Gasteiger partial charge in [0.2, 0.25) is 5.91 Å². The Morgan fingerprint density at radius 1 is 1.08 bits per heavy atom. The highest BCUT2D eigenvalue weighted by Crippen LogP contribution is 2.45. The first-order chi connectivity index (χ1) is 17.4. The second-order valence-corrected chi connectivity index (χ2v) is 10.9. The Hall–Kier alpha value is -2.88. The predicted octanol–water partition coefficient (Wildman–Crippen LogP) is 4.54. The van der Waals surface area contributed by atoms with Gasteiger partial charge in [-0.3, -0.25) is 9.69 Å². The summed E-state index contributed by atoms with van der Waals surface area (Å²) in [5.41, 5.74) is 5.61. The van der Waals surface area contributed by atoms with Crippen LogP contribution in [0.25, 0.3) is 0 Å². The summed E-state index contributed by atoms with van der Waals surface area (Å²) in [7, 11) is 1.39. The fourth-order valence-electron chi connectivity index (χ4n) is 4.86. The maximum atomic E-state index is 13.3. The smallest absolute Gasteiger partial charge is 0.338 e. The molecule has 0 aliphatic carbocycles. The molecule has 7 nitrogen and oxygen atoms in total. The van der Waals surface area contributed by atoms with Crippen molar-refractivity contribution >= 4 is 40.1 Å². The van der Waals surface area contributed by atoms with Crippen molar-refractivity contribution in [2.45, 2.75) is 32.9 Å². The van der Waals surface area contributed by atoms with Crippen LogP contribution in [0.15, 0.2) is 68.5 Å². The Labute approximate surface area is 220 Å². The summed E-state index contributed by atoms with van der Waals surface area (Å²) in [5.74, 6) is -0.285. The number of hydrogen-bond donors (Lipinski definition) is 0. The average molecular weight is 523 g/mol. The van der Waals surface area contributed by atoms with E-state index in [-0.39, 0.29) is 18.4 Å². The van der Waals surface area contributed by atoms with E-state index in [1.807, 2.05) is 39.0 Å². The first-order valence-corrected chi connectivity index (χ1v) is 13.9. The van der Waals surface area contributed by atoms with Crippen molar-refractivity contribution in [1.82, 2.24) is 14.7 Å². The van der Waals surface area contributed by atoms with Crippen molar-refractivity contribution in [2.24, 2.45) is 4.99 Å². The lowest BCUT2D eigenvalue weighted by molar-refractivity contribution is -0.136. The first-order valence-electron chi connectivity index (χ1n) is 12.0. The quantitative estimate of drug-likeness (QED) is 0.519. The standard InChI is InChI=1S/C27H30N4O3S2/c1-18-4-6-20(7-5-18)15-29-9-11-30(12-10-29)23(32)14-22-17-36-27-28-19(2)24(26(33)34-3)25(31(22)27)21-8-13-35-16-21/h4-8,13,16-17,25H,9-12,14-15H2,1-3H3. The van der Waals surface area contributed by atoms with E-state index in [1.165, 1.54) is 30.0 Å². The highest BCUT2D eigenvalue weighted by atomic mass is 32.2. The SMILES string of the molecule is COC(=O)C1=C(C)N=C2SC=C(CC(=O)N3CCN(Cc4ccc(C)cc4)CC3)N2C1c1ccsc1. The highest BCUT2D eigenvalue weighted by molar-refractivity contribution is 8.16. The van der Waals surface area contributed by atoms with Crippen LogP contribution < -0.4 is 0 Å². The highest BCUT2D eigenvalue weighted by Gasteiger charge is 2.41. The molecule has 188 valence electrons. The van der Waals surface area contributed by atoms with E-state index in [4.69, 9.17) is 4.74 Å². The van der Waals surface area contributed by atoms with Gasteiger partial charge in [0.25, 0.3) is 0 Å². The topological polar surface area (TPSA) is 65.5 Å². The molecule has 36 heavy (non-hydrogen) atoms. The number of aryl methyl sites for hydroxylation is 1. The second kappa shape index (κ2) is 10.6. The van der Waals surface area contributed by atoms with Crippen LogP contribution in [0.4, 0.5) is 0 Å². The van der Waals surface area contributed by atoms with Gasteiger partial charge in [-0.2, -0.15) is 11.3 Å². The molecule has 1 aromatic carbocycles. The van der Waals surface area contributed by atoms with Gasteiger partial charge in [0.15, 0.2) is 5.17 Å². The fraction of sp³-hybridized carbons (Fsp3) is 0.370. The van der Waals surface area contributed by atoms with Crippen molar-refractivity contribution in [2.75, 3.05) is 33.3 Å². The van der Waals surface area contributed by atoms with Gasteiger partial charge >= 0.3 is 5.97 Å². The number of thioether (sulfide) groups is 1. The summed E-state index contributed by atoms with van der Waals surface area (Å²) in [6.45, 7) is 7.99. The molecule has 1 unspecified atom stereocenters.